The first-order valence-electron chi connectivity index (χ1n) is 10.0. The van der Waals surface area contributed by atoms with Gasteiger partial charge in [-0.05, 0) is 68.0 Å². The minimum absolute atomic E-state index is 0.0596. The molecule has 0 fully saturated rings. The first kappa shape index (κ1) is 21.3. The zero-order valence-electron chi connectivity index (χ0n) is 16.7. The molecule has 2 aromatic rings. The fourth-order valence-corrected chi connectivity index (χ4v) is 4.42. The second kappa shape index (κ2) is 9.89. The summed E-state index contributed by atoms with van der Waals surface area (Å²) < 4.78 is 33.0. The van der Waals surface area contributed by atoms with Crippen molar-refractivity contribution >= 4 is 15.9 Å². The van der Waals surface area contributed by atoms with Crippen molar-refractivity contribution in [2.24, 2.45) is 0 Å². The van der Waals surface area contributed by atoms with Gasteiger partial charge in [-0.2, -0.15) is 0 Å². The van der Waals surface area contributed by atoms with Crippen molar-refractivity contribution < 1.29 is 17.9 Å². The number of aryl methyl sites for hydroxylation is 3. The third-order valence-corrected chi connectivity index (χ3v) is 6.45. The second-order valence-electron chi connectivity index (χ2n) is 7.30. The second-order valence-corrected chi connectivity index (χ2v) is 9.06. The SMILES string of the molecule is Cc1ccc(OCCNC(=O)CCNS(=O)(=O)c2ccc3c(c2)CCCC3)cc1. The summed E-state index contributed by atoms with van der Waals surface area (Å²) in [6.07, 6.45) is 4.26. The topological polar surface area (TPSA) is 84.5 Å². The lowest BCUT2D eigenvalue weighted by Gasteiger charge is -2.16. The van der Waals surface area contributed by atoms with Gasteiger partial charge >= 0.3 is 0 Å². The van der Waals surface area contributed by atoms with Gasteiger partial charge in [-0.3, -0.25) is 4.79 Å². The average Bonchev–Trinajstić information content (AvgIpc) is 2.72. The maximum atomic E-state index is 12.5. The summed E-state index contributed by atoms with van der Waals surface area (Å²) in [5.41, 5.74) is 3.51. The average molecular weight is 417 g/mol. The molecule has 2 N–H and O–H groups in total. The van der Waals surface area contributed by atoms with Gasteiger partial charge in [0.2, 0.25) is 15.9 Å². The molecule has 0 aliphatic heterocycles. The number of hydrogen-bond acceptors (Lipinski definition) is 4. The molecule has 0 saturated carbocycles. The van der Waals surface area contributed by atoms with E-state index in [0.29, 0.717) is 13.2 Å². The maximum absolute atomic E-state index is 12.5. The lowest BCUT2D eigenvalue weighted by atomic mass is 9.92. The van der Waals surface area contributed by atoms with Crippen molar-refractivity contribution in [3.63, 3.8) is 0 Å². The molecule has 0 radical (unpaired) electrons. The van der Waals surface area contributed by atoms with Crippen LogP contribution in [0.3, 0.4) is 0 Å². The summed E-state index contributed by atoms with van der Waals surface area (Å²) in [6, 6.07) is 13.0. The number of rotatable bonds is 9. The summed E-state index contributed by atoms with van der Waals surface area (Å²) in [7, 11) is -3.61. The van der Waals surface area contributed by atoms with Crippen molar-refractivity contribution in [2.45, 2.75) is 43.9 Å². The summed E-state index contributed by atoms with van der Waals surface area (Å²) >= 11 is 0. The molecule has 3 rings (SSSR count). The van der Waals surface area contributed by atoms with Crippen molar-refractivity contribution in [1.29, 1.82) is 0 Å². The van der Waals surface area contributed by atoms with Gasteiger partial charge in [0.25, 0.3) is 0 Å². The summed E-state index contributed by atoms with van der Waals surface area (Å²) in [5, 5.41) is 2.73. The minimum atomic E-state index is -3.61. The van der Waals surface area contributed by atoms with E-state index < -0.39 is 10.0 Å². The van der Waals surface area contributed by atoms with Crippen molar-refractivity contribution in [1.82, 2.24) is 10.0 Å². The van der Waals surface area contributed by atoms with Crippen LogP contribution in [0.25, 0.3) is 0 Å². The molecule has 156 valence electrons. The van der Waals surface area contributed by atoms with Gasteiger partial charge in [0.1, 0.15) is 12.4 Å². The molecular weight excluding hydrogens is 388 g/mol. The van der Waals surface area contributed by atoms with Crippen LogP contribution >= 0.6 is 0 Å². The van der Waals surface area contributed by atoms with E-state index in [2.05, 4.69) is 10.0 Å². The summed E-state index contributed by atoms with van der Waals surface area (Å²) in [4.78, 5) is 12.2. The Morgan fingerprint density at radius 3 is 2.48 bits per heavy atom. The first-order chi connectivity index (χ1) is 13.9. The lowest BCUT2D eigenvalue weighted by molar-refractivity contribution is -0.121. The van der Waals surface area contributed by atoms with Crippen molar-refractivity contribution in [2.75, 3.05) is 19.7 Å². The number of hydrogen-bond donors (Lipinski definition) is 2. The molecule has 0 heterocycles. The predicted molar refractivity (Wildman–Crippen MR) is 113 cm³/mol. The first-order valence-corrected chi connectivity index (χ1v) is 11.5. The number of ether oxygens (including phenoxy) is 1. The number of carbonyl (C=O) groups excluding carboxylic acids is 1. The molecule has 2 aromatic carbocycles. The van der Waals surface area contributed by atoms with Gasteiger partial charge in [-0.1, -0.05) is 23.8 Å². The van der Waals surface area contributed by atoms with Crippen LogP contribution in [0.5, 0.6) is 5.75 Å². The quantitative estimate of drug-likeness (QED) is 0.616. The molecule has 0 bridgehead atoms. The molecule has 0 aromatic heterocycles. The van der Waals surface area contributed by atoms with Crippen molar-refractivity contribution in [3.05, 3.63) is 59.2 Å². The Kier molecular flexibility index (Phi) is 7.28. The molecule has 1 aliphatic rings. The zero-order valence-corrected chi connectivity index (χ0v) is 17.6. The molecular formula is C22H28N2O4S. The van der Waals surface area contributed by atoms with Crippen LogP contribution in [-0.2, 0) is 27.7 Å². The Morgan fingerprint density at radius 1 is 1.00 bits per heavy atom. The van der Waals surface area contributed by atoms with Crippen LogP contribution in [0.2, 0.25) is 0 Å². The zero-order chi connectivity index (χ0) is 20.7. The maximum Gasteiger partial charge on any atom is 0.240 e. The van der Waals surface area contributed by atoms with Crippen LogP contribution in [-0.4, -0.2) is 34.0 Å². The molecule has 29 heavy (non-hydrogen) atoms. The molecule has 1 aliphatic carbocycles. The smallest absolute Gasteiger partial charge is 0.240 e. The van der Waals surface area contributed by atoms with Crippen LogP contribution in [0, 0.1) is 6.92 Å². The van der Waals surface area contributed by atoms with E-state index in [9.17, 15) is 13.2 Å². The molecule has 0 atom stereocenters. The lowest BCUT2D eigenvalue weighted by Crippen LogP contribution is -2.32. The summed E-state index contributed by atoms with van der Waals surface area (Å²) in [6.45, 7) is 2.79. The number of fused-ring (bicyclic) bond motifs is 1. The van der Waals surface area contributed by atoms with Gasteiger partial charge in [0, 0.05) is 13.0 Å². The van der Waals surface area contributed by atoms with E-state index in [1.807, 2.05) is 37.3 Å². The number of nitrogens with one attached hydrogen (secondary N) is 2. The van der Waals surface area contributed by atoms with E-state index in [4.69, 9.17) is 4.74 Å². The van der Waals surface area contributed by atoms with E-state index in [1.54, 1.807) is 12.1 Å². The molecule has 6 nitrogen and oxygen atoms in total. The van der Waals surface area contributed by atoms with E-state index in [0.717, 1.165) is 42.6 Å². The molecule has 0 saturated heterocycles. The molecule has 0 unspecified atom stereocenters. The largest absolute Gasteiger partial charge is 0.492 e. The van der Waals surface area contributed by atoms with Gasteiger partial charge < -0.3 is 10.1 Å². The highest BCUT2D eigenvalue weighted by Gasteiger charge is 2.17. The highest BCUT2D eigenvalue weighted by Crippen LogP contribution is 2.24. The van der Waals surface area contributed by atoms with Crippen LogP contribution in [0.1, 0.15) is 36.0 Å². The Balaban J connectivity index is 1.38. The Labute approximate surface area is 172 Å². The van der Waals surface area contributed by atoms with E-state index >= 15 is 0 Å². The van der Waals surface area contributed by atoms with Crippen LogP contribution in [0.15, 0.2) is 47.4 Å². The monoisotopic (exact) mass is 416 g/mol. The van der Waals surface area contributed by atoms with Gasteiger partial charge in [0.05, 0.1) is 11.4 Å². The molecule has 7 heteroatoms. The predicted octanol–water partition coefficient (Wildman–Crippen LogP) is 2.74. The number of sulfonamides is 1. The number of carbonyl (C=O) groups is 1. The number of benzene rings is 2. The number of amides is 1. The minimum Gasteiger partial charge on any atom is -0.492 e. The van der Waals surface area contributed by atoms with Gasteiger partial charge in [-0.15, -0.1) is 0 Å². The fourth-order valence-electron chi connectivity index (χ4n) is 3.34. The highest BCUT2D eigenvalue weighted by atomic mass is 32.2. The Bertz CT molecular complexity index is 940. The van der Waals surface area contributed by atoms with Crippen molar-refractivity contribution in [3.8, 4) is 5.75 Å². The molecule has 1 amide bonds. The van der Waals surface area contributed by atoms with E-state index in [1.165, 1.54) is 5.56 Å². The third kappa shape index (κ3) is 6.30. The van der Waals surface area contributed by atoms with Crippen LogP contribution in [0.4, 0.5) is 0 Å². The Morgan fingerprint density at radius 2 is 1.72 bits per heavy atom. The van der Waals surface area contributed by atoms with Crippen LogP contribution < -0.4 is 14.8 Å². The summed E-state index contributed by atoms with van der Waals surface area (Å²) in [5.74, 6) is 0.535. The van der Waals surface area contributed by atoms with Gasteiger partial charge in [0.15, 0.2) is 0 Å². The highest BCUT2D eigenvalue weighted by molar-refractivity contribution is 7.89. The van der Waals surface area contributed by atoms with Gasteiger partial charge in [-0.25, -0.2) is 13.1 Å². The fraction of sp³-hybridized carbons (Fsp3) is 0.409. The standard InChI is InChI=1S/C22H28N2O4S/c1-17-6-9-20(10-7-17)28-15-14-23-22(25)12-13-24-29(26,27)21-11-8-18-4-2-3-5-19(18)16-21/h6-11,16,24H,2-5,12-15H2,1H3,(H,23,25). The normalized spacial score (nSPS) is 13.6. The Hall–Kier alpha value is -2.38. The molecule has 0 spiro atoms. The third-order valence-electron chi connectivity index (χ3n) is 4.99. The van der Waals surface area contributed by atoms with E-state index in [-0.39, 0.29) is 23.8 Å².